The van der Waals surface area contributed by atoms with Crippen LogP contribution < -0.4 is 10.6 Å². The van der Waals surface area contributed by atoms with Gasteiger partial charge in [0.25, 0.3) is 0 Å². The fraction of sp³-hybridized carbons (Fsp3) is 0.0909. The van der Waals surface area contributed by atoms with Crippen LogP contribution in [-0.4, -0.2) is 18.2 Å². The van der Waals surface area contributed by atoms with Gasteiger partial charge in [-0.1, -0.05) is 60.7 Å². The van der Waals surface area contributed by atoms with E-state index >= 15 is 0 Å². The molecule has 1 amide bonds. The van der Waals surface area contributed by atoms with Gasteiger partial charge >= 0.3 is 0 Å². The lowest BCUT2D eigenvalue weighted by Crippen LogP contribution is -2.22. The number of amides is 1. The Morgan fingerprint density at radius 3 is 2.35 bits per heavy atom. The Morgan fingerprint density at radius 1 is 0.846 bits per heavy atom. The van der Waals surface area contributed by atoms with Crippen molar-refractivity contribution in [3.8, 4) is 11.1 Å². The molecule has 0 atom stereocenters. The number of carbonyl (C=O) groups excluding carboxylic acids is 2. The second-order valence-corrected chi connectivity index (χ2v) is 5.95. The number of benzene rings is 3. The molecule has 0 saturated carbocycles. The highest BCUT2D eigenvalue weighted by molar-refractivity contribution is 5.98. The van der Waals surface area contributed by atoms with Gasteiger partial charge in [-0.3, -0.25) is 9.59 Å². The number of hydrogen-bond donors (Lipinski definition) is 2. The highest BCUT2D eigenvalue weighted by Crippen LogP contribution is 2.27. The van der Waals surface area contributed by atoms with Gasteiger partial charge in [0.1, 0.15) is 0 Å². The fourth-order valence-electron chi connectivity index (χ4n) is 2.69. The molecule has 130 valence electrons. The molecule has 3 aromatic rings. The van der Waals surface area contributed by atoms with Gasteiger partial charge in [-0.15, -0.1) is 0 Å². The second-order valence-electron chi connectivity index (χ2n) is 5.95. The maximum absolute atomic E-state index is 12.3. The van der Waals surface area contributed by atoms with Crippen molar-refractivity contribution in [1.29, 1.82) is 0 Å². The number of anilines is 2. The van der Waals surface area contributed by atoms with Crippen LogP contribution >= 0.6 is 0 Å². The Bertz CT molecular complexity index is 920. The van der Waals surface area contributed by atoms with Crippen molar-refractivity contribution in [2.45, 2.75) is 6.92 Å². The van der Waals surface area contributed by atoms with Gasteiger partial charge in [0.05, 0.1) is 6.54 Å². The third kappa shape index (κ3) is 4.36. The Kier molecular flexibility index (Phi) is 5.44. The van der Waals surface area contributed by atoms with Crippen LogP contribution in [0.25, 0.3) is 11.1 Å². The van der Waals surface area contributed by atoms with Crippen LogP contribution in [0, 0.1) is 0 Å². The van der Waals surface area contributed by atoms with Crippen LogP contribution in [0.2, 0.25) is 0 Å². The van der Waals surface area contributed by atoms with E-state index in [1.807, 2.05) is 60.7 Å². The van der Waals surface area contributed by atoms with Crippen molar-refractivity contribution in [2.24, 2.45) is 0 Å². The third-order valence-electron chi connectivity index (χ3n) is 4.01. The van der Waals surface area contributed by atoms with Crippen molar-refractivity contribution in [3.05, 3.63) is 84.4 Å². The minimum atomic E-state index is -0.151. The van der Waals surface area contributed by atoms with Crippen molar-refractivity contribution < 1.29 is 9.59 Å². The van der Waals surface area contributed by atoms with Crippen LogP contribution in [0.4, 0.5) is 11.4 Å². The first-order valence-corrected chi connectivity index (χ1v) is 8.42. The van der Waals surface area contributed by atoms with E-state index in [2.05, 4.69) is 10.6 Å². The maximum atomic E-state index is 12.3. The molecule has 0 spiro atoms. The van der Waals surface area contributed by atoms with Crippen molar-refractivity contribution in [1.82, 2.24) is 0 Å². The van der Waals surface area contributed by atoms with Gasteiger partial charge in [-0.2, -0.15) is 0 Å². The molecule has 0 heterocycles. The first kappa shape index (κ1) is 17.4. The Balaban J connectivity index is 1.68. The Labute approximate surface area is 152 Å². The van der Waals surface area contributed by atoms with Gasteiger partial charge < -0.3 is 10.6 Å². The summed E-state index contributed by atoms with van der Waals surface area (Å²) < 4.78 is 0. The molecular weight excluding hydrogens is 324 g/mol. The largest absolute Gasteiger partial charge is 0.376 e. The van der Waals surface area contributed by atoms with E-state index in [-0.39, 0.29) is 18.2 Å². The summed E-state index contributed by atoms with van der Waals surface area (Å²) in [6.45, 7) is 1.64. The van der Waals surface area contributed by atoms with Crippen molar-refractivity contribution in [3.63, 3.8) is 0 Å². The summed E-state index contributed by atoms with van der Waals surface area (Å²) in [6.07, 6.45) is 0. The maximum Gasteiger partial charge on any atom is 0.243 e. The van der Waals surface area contributed by atoms with E-state index in [1.54, 1.807) is 18.2 Å². The van der Waals surface area contributed by atoms with E-state index < -0.39 is 0 Å². The van der Waals surface area contributed by atoms with Crippen LogP contribution in [0.1, 0.15) is 17.3 Å². The Hall–Kier alpha value is -3.40. The van der Waals surface area contributed by atoms with E-state index in [0.717, 1.165) is 22.5 Å². The molecular formula is C22H20N2O2. The average molecular weight is 344 g/mol. The third-order valence-corrected chi connectivity index (χ3v) is 4.01. The Morgan fingerprint density at radius 2 is 1.58 bits per heavy atom. The summed E-state index contributed by atoms with van der Waals surface area (Å²) in [5.41, 5.74) is 4.14. The number of carbonyl (C=O) groups is 2. The van der Waals surface area contributed by atoms with Crippen LogP contribution in [0.5, 0.6) is 0 Å². The summed E-state index contributed by atoms with van der Waals surface area (Å²) in [5.74, 6) is -0.156. The van der Waals surface area contributed by atoms with Crippen molar-refractivity contribution >= 4 is 23.1 Å². The summed E-state index contributed by atoms with van der Waals surface area (Å²) in [6, 6.07) is 24.8. The zero-order chi connectivity index (χ0) is 18.4. The zero-order valence-corrected chi connectivity index (χ0v) is 14.5. The first-order valence-electron chi connectivity index (χ1n) is 8.42. The molecule has 26 heavy (non-hydrogen) atoms. The lowest BCUT2D eigenvalue weighted by Gasteiger charge is -2.12. The lowest BCUT2D eigenvalue weighted by atomic mass is 10.0. The molecule has 0 radical (unpaired) electrons. The first-order chi connectivity index (χ1) is 12.6. The number of Topliss-reactive ketones (excluding diaryl/α,β-unsaturated/α-hetero) is 1. The molecule has 4 nitrogen and oxygen atoms in total. The molecule has 0 unspecified atom stereocenters. The highest BCUT2D eigenvalue weighted by Gasteiger charge is 2.08. The van der Waals surface area contributed by atoms with Crippen LogP contribution in [0.15, 0.2) is 78.9 Å². The lowest BCUT2D eigenvalue weighted by molar-refractivity contribution is -0.114. The molecule has 0 fully saturated rings. The molecule has 2 N–H and O–H groups in total. The smallest absolute Gasteiger partial charge is 0.243 e. The van der Waals surface area contributed by atoms with Crippen LogP contribution in [0.3, 0.4) is 0 Å². The standard InChI is InChI=1S/C22H20N2O2/c1-16(25)18-10-7-11-19(14-18)23-15-22(26)24-21-13-6-5-12-20(21)17-8-3-2-4-9-17/h2-14,23H,15H2,1H3,(H,24,26). The van der Waals surface area contributed by atoms with Gasteiger partial charge in [-0.05, 0) is 30.7 Å². The number of para-hydroxylation sites is 1. The van der Waals surface area contributed by atoms with Gasteiger partial charge in [-0.25, -0.2) is 0 Å². The van der Waals surface area contributed by atoms with E-state index in [0.29, 0.717) is 5.56 Å². The SMILES string of the molecule is CC(=O)c1cccc(NCC(=O)Nc2ccccc2-c2ccccc2)c1. The molecule has 4 heteroatoms. The molecule has 0 bridgehead atoms. The zero-order valence-electron chi connectivity index (χ0n) is 14.5. The minimum Gasteiger partial charge on any atom is -0.376 e. The molecule has 0 saturated heterocycles. The molecule has 0 aliphatic heterocycles. The summed E-state index contributed by atoms with van der Waals surface area (Å²) in [7, 11) is 0. The van der Waals surface area contributed by atoms with Gasteiger partial charge in [0.15, 0.2) is 5.78 Å². The second kappa shape index (κ2) is 8.12. The molecule has 0 aliphatic carbocycles. The predicted molar refractivity (Wildman–Crippen MR) is 105 cm³/mol. The topological polar surface area (TPSA) is 58.2 Å². The summed E-state index contributed by atoms with van der Waals surface area (Å²) >= 11 is 0. The molecule has 3 rings (SSSR count). The number of nitrogens with one attached hydrogen (secondary N) is 2. The van der Waals surface area contributed by atoms with Crippen LogP contribution in [-0.2, 0) is 4.79 Å². The predicted octanol–water partition coefficient (Wildman–Crippen LogP) is 4.61. The van der Waals surface area contributed by atoms with Gasteiger partial charge in [0.2, 0.25) is 5.91 Å². The fourth-order valence-corrected chi connectivity index (χ4v) is 2.69. The minimum absolute atomic E-state index is 0.00473. The number of hydrogen-bond acceptors (Lipinski definition) is 3. The molecule has 0 aromatic heterocycles. The summed E-state index contributed by atoms with van der Waals surface area (Å²) in [5, 5.41) is 6.00. The monoisotopic (exact) mass is 344 g/mol. The quantitative estimate of drug-likeness (QED) is 0.642. The number of ketones is 1. The average Bonchev–Trinajstić information content (AvgIpc) is 2.68. The van der Waals surface area contributed by atoms with E-state index in [9.17, 15) is 9.59 Å². The number of rotatable bonds is 6. The van der Waals surface area contributed by atoms with E-state index in [1.165, 1.54) is 6.92 Å². The highest BCUT2D eigenvalue weighted by atomic mass is 16.2. The molecule has 3 aromatic carbocycles. The van der Waals surface area contributed by atoms with Crippen molar-refractivity contribution in [2.75, 3.05) is 17.2 Å². The van der Waals surface area contributed by atoms with E-state index in [4.69, 9.17) is 0 Å². The normalized spacial score (nSPS) is 10.2. The summed E-state index contributed by atoms with van der Waals surface area (Å²) in [4.78, 5) is 23.8. The van der Waals surface area contributed by atoms with Gasteiger partial charge in [0, 0.05) is 22.5 Å². The molecule has 0 aliphatic rings.